The van der Waals surface area contributed by atoms with Crippen LogP contribution in [-0.2, 0) is 0 Å². The lowest BCUT2D eigenvalue weighted by molar-refractivity contribution is 0.379. The van der Waals surface area contributed by atoms with Crippen LogP contribution in [0.4, 0.5) is 5.82 Å². The first kappa shape index (κ1) is 12.5. The average Bonchev–Trinajstić information content (AvgIpc) is 2.38. The van der Waals surface area contributed by atoms with E-state index >= 15 is 0 Å². The molecule has 0 amide bonds. The molecule has 0 atom stereocenters. The Morgan fingerprint density at radius 2 is 1.94 bits per heavy atom. The number of anilines is 1. The highest BCUT2D eigenvalue weighted by molar-refractivity contribution is 6.28. The summed E-state index contributed by atoms with van der Waals surface area (Å²) in [5.74, 6) is 1.29. The fourth-order valence-electron chi connectivity index (χ4n) is 1.34. The molecule has 0 bridgehead atoms. The number of methoxy groups -OCH3 is 1. The third kappa shape index (κ3) is 2.65. The number of nitrogens with zero attached hydrogens (tertiary/aromatic N) is 5. The van der Waals surface area contributed by atoms with Crippen LogP contribution in [0, 0.1) is 0 Å². The van der Waals surface area contributed by atoms with Gasteiger partial charge in [-0.05, 0) is 23.7 Å². The maximum atomic E-state index is 5.79. The summed E-state index contributed by atoms with van der Waals surface area (Å²) in [6.45, 7) is 0. The fraction of sp³-hybridized carbons (Fsp3) is 0.273. The van der Waals surface area contributed by atoms with E-state index < -0.39 is 0 Å². The summed E-state index contributed by atoms with van der Waals surface area (Å²) in [5.41, 5.74) is 0.753. The Labute approximate surface area is 110 Å². The lowest BCUT2D eigenvalue weighted by Crippen LogP contribution is -2.10. The molecule has 2 heterocycles. The lowest BCUT2D eigenvalue weighted by Gasteiger charge is -2.10. The van der Waals surface area contributed by atoms with Crippen LogP contribution in [0.5, 0.6) is 6.01 Å². The van der Waals surface area contributed by atoms with Gasteiger partial charge < -0.3 is 9.64 Å². The standard InChI is InChI=1S/C11H12ClN5O/c1-17(2)8-5-4-7(6-13-8)9-14-10(12)16-11(15-9)18-3/h4-6H,1-3H3. The van der Waals surface area contributed by atoms with Gasteiger partial charge in [-0.15, -0.1) is 0 Å². The Kier molecular flexibility index (Phi) is 3.57. The van der Waals surface area contributed by atoms with Crippen molar-refractivity contribution in [1.82, 2.24) is 19.9 Å². The number of ether oxygens (including phenoxy) is 1. The van der Waals surface area contributed by atoms with Gasteiger partial charge in [0.25, 0.3) is 0 Å². The molecule has 6 nitrogen and oxygen atoms in total. The largest absolute Gasteiger partial charge is 0.467 e. The predicted octanol–water partition coefficient (Wildman–Crippen LogP) is 1.66. The summed E-state index contributed by atoms with van der Waals surface area (Å²) < 4.78 is 4.94. The van der Waals surface area contributed by atoms with Gasteiger partial charge in [-0.3, -0.25) is 0 Å². The molecule has 94 valence electrons. The van der Waals surface area contributed by atoms with Crippen LogP contribution in [0.3, 0.4) is 0 Å². The molecule has 0 saturated carbocycles. The molecular weight excluding hydrogens is 254 g/mol. The van der Waals surface area contributed by atoms with Crippen molar-refractivity contribution in [1.29, 1.82) is 0 Å². The van der Waals surface area contributed by atoms with Gasteiger partial charge in [0.1, 0.15) is 5.82 Å². The third-order valence-corrected chi connectivity index (χ3v) is 2.40. The molecular formula is C11H12ClN5O. The predicted molar refractivity (Wildman–Crippen MR) is 68.9 cm³/mol. The lowest BCUT2D eigenvalue weighted by atomic mass is 10.2. The van der Waals surface area contributed by atoms with Crippen LogP contribution in [0.2, 0.25) is 5.28 Å². The summed E-state index contributed by atoms with van der Waals surface area (Å²) in [4.78, 5) is 18.2. The average molecular weight is 266 g/mol. The van der Waals surface area contributed by atoms with E-state index in [4.69, 9.17) is 16.3 Å². The monoisotopic (exact) mass is 265 g/mol. The Morgan fingerprint density at radius 3 is 2.50 bits per heavy atom. The van der Waals surface area contributed by atoms with Crippen LogP contribution in [0.1, 0.15) is 0 Å². The second-order valence-electron chi connectivity index (χ2n) is 3.71. The number of hydrogen-bond donors (Lipinski definition) is 0. The van der Waals surface area contributed by atoms with Gasteiger partial charge in [0.15, 0.2) is 5.82 Å². The SMILES string of the molecule is COc1nc(Cl)nc(-c2ccc(N(C)C)nc2)n1. The molecule has 2 rings (SSSR count). The molecule has 18 heavy (non-hydrogen) atoms. The van der Waals surface area contributed by atoms with Crippen molar-refractivity contribution in [2.24, 2.45) is 0 Å². The molecule has 0 saturated heterocycles. The smallest absolute Gasteiger partial charge is 0.321 e. The van der Waals surface area contributed by atoms with Gasteiger partial charge in [-0.25, -0.2) is 4.98 Å². The number of aromatic nitrogens is 4. The first-order chi connectivity index (χ1) is 8.60. The van der Waals surface area contributed by atoms with Crippen molar-refractivity contribution in [2.45, 2.75) is 0 Å². The summed E-state index contributed by atoms with van der Waals surface area (Å²) in [7, 11) is 5.32. The molecule has 0 radical (unpaired) electrons. The second kappa shape index (κ2) is 5.14. The summed E-state index contributed by atoms with van der Waals surface area (Å²) in [6, 6.07) is 3.93. The molecule has 0 spiro atoms. The molecule has 0 aliphatic heterocycles. The van der Waals surface area contributed by atoms with Gasteiger partial charge in [-0.1, -0.05) is 0 Å². The van der Waals surface area contributed by atoms with Crippen LogP contribution in [0.15, 0.2) is 18.3 Å². The van der Waals surface area contributed by atoms with Crippen LogP contribution in [-0.4, -0.2) is 41.1 Å². The van der Waals surface area contributed by atoms with Crippen molar-refractivity contribution in [3.63, 3.8) is 0 Å². The van der Waals surface area contributed by atoms with Gasteiger partial charge in [0.05, 0.1) is 7.11 Å². The van der Waals surface area contributed by atoms with Gasteiger partial charge in [0, 0.05) is 25.9 Å². The normalized spacial score (nSPS) is 10.2. The molecule has 2 aromatic heterocycles. The summed E-state index contributed by atoms with van der Waals surface area (Å²) in [6.07, 6.45) is 1.68. The molecule has 0 fully saturated rings. The summed E-state index contributed by atoms with van der Waals surface area (Å²) >= 11 is 5.79. The Balaban J connectivity index is 2.39. The van der Waals surface area contributed by atoms with Gasteiger partial charge in [0.2, 0.25) is 5.28 Å². The van der Waals surface area contributed by atoms with Gasteiger partial charge in [-0.2, -0.15) is 15.0 Å². The first-order valence-corrected chi connectivity index (χ1v) is 5.57. The zero-order valence-corrected chi connectivity index (χ0v) is 11.0. The van der Waals surface area contributed by atoms with E-state index in [9.17, 15) is 0 Å². The van der Waals surface area contributed by atoms with E-state index in [0.717, 1.165) is 11.4 Å². The molecule has 2 aromatic rings. The maximum Gasteiger partial charge on any atom is 0.321 e. The Morgan fingerprint density at radius 1 is 1.17 bits per heavy atom. The van der Waals surface area contributed by atoms with E-state index in [2.05, 4.69) is 19.9 Å². The van der Waals surface area contributed by atoms with Crippen molar-refractivity contribution in [2.75, 3.05) is 26.1 Å². The highest BCUT2D eigenvalue weighted by atomic mass is 35.5. The van der Waals surface area contributed by atoms with Crippen LogP contribution in [0.25, 0.3) is 11.4 Å². The van der Waals surface area contributed by atoms with E-state index in [1.807, 2.05) is 31.1 Å². The number of halogens is 1. The van der Waals surface area contributed by atoms with Crippen molar-refractivity contribution in [3.05, 3.63) is 23.6 Å². The molecule has 0 N–H and O–H groups in total. The molecule has 0 unspecified atom stereocenters. The zero-order chi connectivity index (χ0) is 13.1. The number of pyridine rings is 1. The third-order valence-electron chi connectivity index (χ3n) is 2.23. The summed E-state index contributed by atoms with van der Waals surface area (Å²) in [5, 5.41) is 0.0912. The van der Waals surface area contributed by atoms with Crippen LogP contribution >= 0.6 is 11.6 Å². The highest BCUT2D eigenvalue weighted by Gasteiger charge is 2.08. The highest BCUT2D eigenvalue weighted by Crippen LogP contribution is 2.19. The fourth-order valence-corrected chi connectivity index (χ4v) is 1.49. The Hall–Kier alpha value is -1.95. The quantitative estimate of drug-likeness (QED) is 0.841. The maximum absolute atomic E-state index is 5.79. The second-order valence-corrected chi connectivity index (χ2v) is 4.05. The Bertz CT molecular complexity index is 544. The minimum atomic E-state index is 0.0912. The van der Waals surface area contributed by atoms with Crippen LogP contribution < -0.4 is 9.64 Å². The molecule has 0 aliphatic carbocycles. The van der Waals surface area contributed by atoms with E-state index in [0.29, 0.717) is 5.82 Å². The van der Waals surface area contributed by atoms with Crippen molar-refractivity contribution >= 4 is 17.4 Å². The van der Waals surface area contributed by atoms with E-state index in [1.54, 1.807) is 6.20 Å². The van der Waals surface area contributed by atoms with E-state index in [-0.39, 0.29) is 11.3 Å². The topological polar surface area (TPSA) is 64.0 Å². The van der Waals surface area contributed by atoms with Crippen molar-refractivity contribution < 1.29 is 4.74 Å². The van der Waals surface area contributed by atoms with Crippen molar-refractivity contribution in [3.8, 4) is 17.4 Å². The first-order valence-electron chi connectivity index (χ1n) is 5.19. The van der Waals surface area contributed by atoms with E-state index in [1.165, 1.54) is 7.11 Å². The minimum Gasteiger partial charge on any atom is -0.467 e. The number of hydrogen-bond acceptors (Lipinski definition) is 6. The minimum absolute atomic E-state index is 0.0912. The molecule has 0 aromatic carbocycles. The molecule has 0 aliphatic rings. The number of rotatable bonds is 3. The van der Waals surface area contributed by atoms with Gasteiger partial charge >= 0.3 is 6.01 Å². The molecule has 7 heteroatoms. The zero-order valence-electron chi connectivity index (χ0n) is 10.3.